The number of hydrogen-bond donors (Lipinski definition) is 2. The van der Waals surface area contributed by atoms with Gasteiger partial charge in [0.25, 0.3) is 0 Å². The van der Waals surface area contributed by atoms with Gasteiger partial charge in [-0.25, -0.2) is 5.48 Å². The molecule has 1 aliphatic rings. The van der Waals surface area contributed by atoms with Crippen molar-refractivity contribution in [1.82, 2.24) is 20.7 Å². The molecule has 0 fully saturated rings. The lowest BCUT2D eigenvalue weighted by atomic mass is 10.1. The molecule has 7 nitrogen and oxygen atoms in total. The molecule has 0 radical (unpaired) electrons. The van der Waals surface area contributed by atoms with Gasteiger partial charge in [-0.1, -0.05) is 26.0 Å². The van der Waals surface area contributed by atoms with Crippen LogP contribution in [0.25, 0.3) is 11.4 Å². The molecule has 1 aromatic carbocycles. The molecule has 168 valence electrons. The standard InChI is InChI=1S/C22H21F3N4O3/c1-13(2)9-15-10-19(28-27-15)18-8-7-17(12-26-18)30-21-11-20(32-29-21)14-3-5-16(6-4-14)31-22(23,24)25/h3-8,10-13,20,29H,9H2,1-2H3,(H,27,28). The molecule has 0 saturated carbocycles. The highest BCUT2D eigenvalue weighted by Crippen LogP contribution is 2.29. The fourth-order valence-electron chi connectivity index (χ4n) is 3.16. The van der Waals surface area contributed by atoms with Gasteiger partial charge in [0.05, 0.1) is 11.9 Å². The van der Waals surface area contributed by atoms with Crippen molar-refractivity contribution in [2.45, 2.75) is 32.7 Å². The van der Waals surface area contributed by atoms with Gasteiger partial charge in [-0.15, -0.1) is 13.2 Å². The molecular weight excluding hydrogens is 425 g/mol. The summed E-state index contributed by atoms with van der Waals surface area (Å²) in [5.41, 5.74) is 5.82. The minimum absolute atomic E-state index is 0.299. The smallest absolute Gasteiger partial charge is 0.438 e. The molecule has 0 amide bonds. The van der Waals surface area contributed by atoms with Crippen molar-refractivity contribution in [2.24, 2.45) is 5.92 Å². The fourth-order valence-corrected chi connectivity index (χ4v) is 3.16. The van der Waals surface area contributed by atoms with Crippen molar-refractivity contribution in [2.75, 3.05) is 0 Å². The number of aromatic amines is 1. The van der Waals surface area contributed by atoms with E-state index in [1.807, 2.05) is 6.07 Å². The van der Waals surface area contributed by atoms with E-state index in [0.717, 1.165) is 17.8 Å². The van der Waals surface area contributed by atoms with Crippen LogP contribution in [0, 0.1) is 5.92 Å². The Labute approximate surface area is 182 Å². The second-order valence-corrected chi connectivity index (χ2v) is 7.65. The average molecular weight is 446 g/mol. The zero-order chi connectivity index (χ0) is 22.7. The molecule has 2 aromatic heterocycles. The quantitative estimate of drug-likeness (QED) is 0.528. The van der Waals surface area contributed by atoms with Gasteiger partial charge in [0.1, 0.15) is 23.3 Å². The van der Waals surface area contributed by atoms with Crippen molar-refractivity contribution >= 4 is 0 Å². The summed E-state index contributed by atoms with van der Waals surface area (Å²) in [6.45, 7) is 4.28. The summed E-state index contributed by atoms with van der Waals surface area (Å²) in [5.74, 6) is 1.06. The average Bonchev–Trinajstić information content (AvgIpc) is 3.37. The number of nitrogens with one attached hydrogen (secondary N) is 2. The lowest BCUT2D eigenvalue weighted by Gasteiger charge is -2.11. The number of alkyl halides is 3. The van der Waals surface area contributed by atoms with Gasteiger partial charge in [0, 0.05) is 11.8 Å². The van der Waals surface area contributed by atoms with Crippen LogP contribution in [0.15, 0.2) is 60.6 Å². The van der Waals surface area contributed by atoms with Crippen LogP contribution in [0.4, 0.5) is 13.2 Å². The number of hydrogen-bond acceptors (Lipinski definition) is 6. The molecule has 0 bridgehead atoms. The van der Waals surface area contributed by atoms with Gasteiger partial charge in [-0.05, 0) is 48.2 Å². The predicted octanol–water partition coefficient (Wildman–Crippen LogP) is 5.07. The summed E-state index contributed by atoms with van der Waals surface area (Å²) in [7, 11) is 0. The van der Waals surface area contributed by atoms with E-state index in [1.54, 1.807) is 24.4 Å². The van der Waals surface area contributed by atoms with Crippen LogP contribution in [0.5, 0.6) is 11.5 Å². The van der Waals surface area contributed by atoms with E-state index in [-0.39, 0.29) is 5.75 Å². The first kappa shape index (κ1) is 21.7. The summed E-state index contributed by atoms with van der Waals surface area (Å²) in [6, 6.07) is 11.0. The molecule has 1 unspecified atom stereocenters. The summed E-state index contributed by atoms with van der Waals surface area (Å²) in [5, 5.41) is 7.32. The van der Waals surface area contributed by atoms with Crippen molar-refractivity contribution in [3.05, 3.63) is 71.9 Å². The number of halogens is 3. The van der Waals surface area contributed by atoms with E-state index >= 15 is 0 Å². The second kappa shape index (κ2) is 8.91. The van der Waals surface area contributed by atoms with E-state index in [1.165, 1.54) is 24.3 Å². The van der Waals surface area contributed by atoms with Gasteiger partial charge in [0.15, 0.2) is 0 Å². The molecule has 0 saturated heterocycles. The molecule has 3 heterocycles. The van der Waals surface area contributed by atoms with Crippen molar-refractivity contribution < 1.29 is 27.5 Å². The molecule has 0 aliphatic carbocycles. The zero-order valence-electron chi connectivity index (χ0n) is 17.3. The number of benzene rings is 1. The van der Waals surface area contributed by atoms with E-state index in [0.29, 0.717) is 28.8 Å². The third-order valence-corrected chi connectivity index (χ3v) is 4.52. The van der Waals surface area contributed by atoms with Crippen LogP contribution in [0.1, 0.15) is 31.2 Å². The topological polar surface area (TPSA) is 81.3 Å². The highest BCUT2D eigenvalue weighted by Gasteiger charge is 2.31. The Morgan fingerprint density at radius 3 is 2.47 bits per heavy atom. The first-order chi connectivity index (χ1) is 15.2. The zero-order valence-corrected chi connectivity index (χ0v) is 17.3. The van der Waals surface area contributed by atoms with Gasteiger partial charge in [-0.3, -0.25) is 14.9 Å². The van der Waals surface area contributed by atoms with E-state index in [9.17, 15) is 13.2 Å². The Morgan fingerprint density at radius 2 is 1.81 bits per heavy atom. The number of ether oxygens (including phenoxy) is 2. The van der Waals surface area contributed by atoms with Crippen LogP contribution in [-0.4, -0.2) is 21.5 Å². The molecule has 32 heavy (non-hydrogen) atoms. The SMILES string of the molecule is CC(C)Cc1cc(-c2ccc(OC3=CC(c4ccc(OC(F)(F)F)cc4)ON3)cn2)n[nH]1. The van der Waals surface area contributed by atoms with Crippen molar-refractivity contribution in [3.63, 3.8) is 0 Å². The summed E-state index contributed by atoms with van der Waals surface area (Å²) < 4.78 is 46.4. The maximum Gasteiger partial charge on any atom is 0.573 e. The highest BCUT2D eigenvalue weighted by atomic mass is 19.4. The highest BCUT2D eigenvalue weighted by molar-refractivity contribution is 5.54. The number of H-pyrrole nitrogens is 1. The first-order valence-electron chi connectivity index (χ1n) is 9.93. The Balaban J connectivity index is 1.37. The number of rotatable bonds is 7. The monoisotopic (exact) mass is 446 g/mol. The third-order valence-electron chi connectivity index (χ3n) is 4.52. The van der Waals surface area contributed by atoms with Crippen LogP contribution in [0.2, 0.25) is 0 Å². The van der Waals surface area contributed by atoms with Gasteiger partial charge < -0.3 is 9.47 Å². The van der Waals surface area contributed by atoms with E-state index in [4.69, 9.17) is 9.57 Å². The molecule has 0 spiro atoms. The first-order valence-corrected chi connectivity index (χ1v) is 9.93. The lowest BCUT2D eigenvalue weighted by Crippen LogP contribution is -2.17. The largest absolute Gasteiger partial charge is 0.573 e. The summed E-state index contributed by atoms with van der Waals surface area (Å²) >= 11 is 0. The van der Waals surface area contributed by atoms with Gasteiger partial charge >= 0.3 is 6.36 Å². The number of nitrogens with zero attached hydrogens (tertiary/aromatic N) is 2. The Morgan fingerprint density at radius 1 is 1.06 bits per heavy atom. The maximum atomic E-state index is 12.3. The van der Waals surface area contributed by atoms with Crippen molar-refractivity contribution in [3.8, 4) is 22.9 Å². The normalized spacial score (nSPS) is 16.1. The van der Waals surface area contributed by atoms with Crippen molar-refractivity contribution in [1.29, 1.82) is 0 Å². The molecule has 3 aromatic rings. The number of pyridine rings is 1. The number of hydroxylamine groups is 1. The molecule has 1 atom stereocenters. The molecule has 10 heteroatoms. The van der Waals surface area contributed by atoms with E-state index in [2.05, 4.69) is 39.2 Å². The van der Waals surface area contributed by atoms with Gasteiger partial charge in [-0.2, -0.15) is 5.10 Å². The van der Waals surface area contributed by atoms with Crippen LogP contribution in [-0.2, 0) is 11.3 Å². The Kier molecular flexibility index (Phi) is 6.04. The number of aromatic nitrogens is 3. The predicted molar refractivity (Wildman–Crippen MR) is 109 cm³/mol. The fraction of sp³-hybridized carbons (Fsp3) is 0.273. The van der Waals surface area contributed by atoms with Crippen LogP contribution in [0.3, 0.4) is 0 Å². The minimum atomic E-state index is -4.73. The Bertz CT molecular complexity index is 1080. The molecule has 1 aliphatic heterocycles. The van der Waals surface area contributed by atoms with Crippen LogP contribution >= 0.6 is 0 Å². The lowest BCUT2D eigenvalue weighted by molar-refractivity contribution is -0.274. The van der Waals surface area contributed by atoms with E-state index < -0.39 is 12.5 Å². The maximum absolute atomic E-state index is 12.3. The summed E-state index contributed by atoms with van der Waals surface area (Å²) in [4.78, 5) is 9.82. The van der Waals surface area contributed by atoms with Crippen LogP contribution < -0.4 is 15.0 Å². The molecule has 4 rings (SSSR count). The third kappa shape index (κ3) is 5.58. The second-order valence-electron chi connectivity index (χ2n) is 7.65. The summed E-state index contributed by atoms with van der Waals surface area (Å²) in [6.07, 6.45) is -1.11. The Hall–Kier alpha value is -3.53. The molecule has 2 N–H and O–H groups in total. The molecular formula is C22H21F3N4O3. The minimum Gasteiger partial charge on any atom is -0.438 e. The van der Waals surface area contributed by atoms with Gasteiger partial charge in [0.2, 0.25) is 5.88 Å².